The highest BCUT2D eigenvalue weighted by atomic mass is 16.5. The summed E-state index contributed by atoms with van der Waals surface area (Å²) in [6.45, 7) is 11.3. The molecule has 0 aromatic carbocycles. The topological polar surface area (TPSA) is 21.3 Å². The summed E-state index contributed by atoms with van der Waals surface area (Å²) in [5, 5.41) is 3.39. The zero-order valence-electron chi connectivity index (χ0n) is 9.51. The Morgan fingerprint density at radius 3 is 2.93 bits per heavy atom. The maximum atomic E-state index is 5.65. The molecule has 0 saturated carbocycles. The van der Waals surface area contributed by atoms with Crippen LogP contribution in [0.5, 0.6) is 0 Å². The van der Waals surface area contributed by atoms with Crippen molar-refractivity contribution in [1.82, 2.24) is 5.32 Å². The van der Waals surface area contributed by atoms with Crippen molar-refractivity contribution in [3.8, 4) is 0 Å². The first-order valence-corrected chi connectivity index (χ1v) is 5.66. The van der Waals surface area contributed by atoms with Crippen LogP contribution in [0.3, 0.4) is 0 Å². The molecule has 2 heteroatoms. The van der Waals surface area contributed by atoms with Crippen molar-refractivity contribution in [2.24, 2.45) is 5.41 Å². The van der Waals surface area contributed by atoms with Gasteiger partial charge in [-0.05, 0) is 25.8 Å². The van der Waals surface area contributed by atoms with Crippen LogP contribution in [-0.2, 0) is 4.74 Å². The fourth-order valence-electron chi connectivity index (χ4n) is 1.96. The Kier molecular flexibility index (Phi) is 4.63. The lowest BCUT2D eigenvalue weighted by molar-refractivity contribution is 0.0785. The van der Waals surface area contributed by atoms with E-state index in [4.69, 9.17) is 4.74 Å². The molecule has 0 aromatic rings. The van der Waals surface area contributed by atoms with Gasteiger partial charge in [0.1, 0.15) is 0 Å². The molecule has 2 unspecified atom stereocenters. The lowest BCUT2D eigenvalue weighted by Crippen LogP contribution is -2.33. The van der Waals surface area contributed by atoms with E-state index in [0.29, 0.717) is 6.10 Å². The zero-order valence-corrected chi connectivity index (χ0v) is 9.51. The van der Waals surface area contributed by atoms with Gasteiger partial charge in [-0.1, -0.05) is 19.9 Å². The summed E-state index contributed by atoms with van der Waals surface area (Å²) < 4.78 is 5.65. The predicted molar refractivity (Wildman–Crippen MR) is 60.4 cm³/mol. The second-order valence-electron chi connectivity index (χ2n) is 4.48. The highest BCUT2D eigenvalue weighted by Crippen LogP contribution is 2.29. The first kappa shape index (κ1) is 11.7. The van der Waals surface area contributed by atoms with Crippen LogP contribution in [0.2, 0.25) is 0 Å². The average molecular weight is 197 g/mol. The van der Waals surface area contributed by atoms with Crippen LogP contribution in [0.4, 0.5) is 0 Å². The quantitative estimate of drug-likeness (QED) is 0.660. The summed E-state index contributed by atoms with van der Waals surface area (Å²) in [4.78, 5) is 0. The van der Waals surface area contributed by atoms with Crippen molar-refractivity contribution in [1.29, 1.82) is 0 Å². The average Bonchev–Trinajstić information content (AvgIpc) is 2.67. The van der Waals surface area contributed by atoms with Crippen molar-refractivity contribution in [3.63, 3.8) is 0 Å². The van der Waals surface area contributed by atoms with E-state index in [0.717, 1.165) is 26.1 Å². The van der Waals surface area contributed by atoms with Crippen molar-refractivity contribution in [2.45, 2.75) is 39.2 Å². The fourth-order valence-corrected chi connectivity index (χ4v) is 1.96. The molecule has 2 atom stereocenters. The molecule has 1 aliphatic rings. The van der Waals surface area contributed by atoms with Crippen LogP contribution >= 0.6 is 0 Å². The number of rotatable bonds is 6. The van der Waals surface area contributed by atoms with Gasteiger partial charge in [0.05, 0.1) is 6.10 Å². The van der Waals surface area contributed by atoms with Gasteiger partial charge in [-0.3, -0.25) is 0 Å². The molecule has 2 nitrogen and oxygen atoms in total. The first-order valence-electron chi connectivity index (χ1n) is 5.66. The van der Waals surface area contributed by atoms with Gasteiger partial charge in [-0.15, -0.1) is 6.58 Å². The molecular weight excluding hydrogens is 174 g/mol. The summed E-state index contributed by atoms with van der Waals surface area (Å²) in [5.74, 6) is 0. The van der Waals surface area contributed by atoms with Gasteiger partial charge in [-0.2, -0.15) is 0 Å². The van der Waals surface area contributed by atoms with E-state index >= 15 is 0 Å². The molecule has 1 heterocycles. The van der Waals surface area contributed by atoms with Crippen molar-refractivity contribution >= 4 is 0 Å². The minimum absolute atomic E-state index is 0.186. The molecule has 0 amide bonds. The monoisotopic (exact) mass is 197 g/mol. The lowest BCUT2D eigenvalue weighted by atomic mass is 9.84. The molecule has 1 fully saturated rings. The van der Waals surface area contributed by atoms with E-state index in [1.54, 1.807) is 0 Å². The third-order valence-corrected chi connectivity index (χ3v) is 2.99. The van der Waals surface area contributed by atoms with Crippen LogP contribution in [0.25, 0.3) is 0 Å². The minimum Gasteiger partial charge on any atom is -0.378 e. The van der Waals surface area contributed by atoms with Crippen LogP contribution in [0.1, 0.15) is 33.1 Å². The van der Waals surface area contributed by atoms with Gasteiger partial charge in [0, 0.05) is 18.6 Å². The second-order valence-corrected chi connectivity index (χ2v) is 4.48. The lowest BCUT2D eigenvalue weighted by Gasteiger charge is -2.28. The normalized spacial score (nSPS) is 26.0. The van der Waals surface area contributed by atoms with E-state index in [-0.39, 0.29) is 5.41 Å². The van der Waals surface area contributed by atoms with Gasteiger partial charge >= 0.3 is 0 Å². The zero-order chi connectivity index (χ0) is 10.4. The van der Waals surface area contributed by atoms with E-state index in [2.05, 4.69) is 31.8 Å². The van der Waals surface area contributed by atoms with E-state index < -0.39 is 0 Å². The van der Waals surface area contributed by atoms with E-state index in [9.17, 15) is 0 Å². The van der Waals surface area contributed by atoms with Gasteiger partial charge in [0.15, 0.2) is 0 Å². The summed E-state index contributed by atoms with van der Waals surface area (Å²) >= 11 is 0. The molecule has 14 heavy (non-hydrogen) atoms. The first-order chi connectivity index (χ1) is 6.70. The van der Waals surface area contributed by atoms with Crippen LogP contribution in [0, 0.1) is 5.41 Å². The summed E-state index contributed by atoms with van der Waals surface area (Å²) in [6.07, 6.45) is 6.06. The molecule has 0 aromatic heterocycles. The second kappa shape index (κ2) is 5.52. The molecule has 1 saturated heterocycles. The number of hydrogen-bond acceptors (Lipinski definition) is 2. The summed E-state index contributed by atoms with van der Waals surface area (Å²) in [5.41, 5.74) is 0.186. The standard InChI is InChI=1S/C12H23NO/c1-4-12(3,10-13-5-2)9-11-7-6-8-14-11/h4,11,13H,1,5-10H2,2-3H3. The van der Waals surface area contributed by atoms with E-state index in [1.165, 1.54) is 12.8 Å². The summed E-state index contributed by atoms with van der Waals surface area (Å²) in [7, 11) is 0. The Labute approximate surface area is 87.7 Å². The van der Waals surface area contributed by atoms with Crippen molar-refractivity contribution in [2.75, 3.05) is 19.7 Å². The number of ether oxygens (including phenoxy) is 1. The molecule has 1 rings (SSSR count). The SMILES string of the molecule is C=CC(C)(CNCC)CC1CCCO1. The third kappa shape index (κ3) is 3.43. The Morgan fingerprint density at radius 1 is 1.64 bits per heavy atom. The van der Waals surface area contributed by atoms with E-state index in [1.807, 2.05) is 0 Å². The van der Waals surface area contributed by atoms with Gasteiger partial charge in [-0.25, -0.2) is 0 Å². The molecule has 0 aliphatic carbocycles. The molecule has 1 aliphatic heterocycles. The molecule has 0 radical (unpaired) electrons. The summed E-state index contributed by atoms with van der Waals surface area (Å²) in [6, 6.07) is 0. The van der Waals surface area contributed by atoms with Gasteiger partial charge < -0.3 is 10.1 Å². The maximum Gasteiger partial charge on any atom is 0.0584 e. The molecule has 1 N–H and O–H groups in total. The molecule has 82 valence electrons. The molecule has 0 bridgehead atoms. The number of nitrogens with one attached hydrogen (secondary N) is 1. The highest BCUT2D eigenvalue weighted by Gasteiger charge is 2.27. The van der Waals surface area contributed by atoms with Crippen molar-refractivity contribution in [3.05, 3.63) is 12.7 Å². The Balaban J connectivity index is 2.38. The Bertz CT molecular complexity index is 175. The predicted octanol–water partition coefficient (Wildman–Crippen LogP) is 2.36. The Hall–Kier alpha value is -0.340. The maximum absolute atomic E-state index is 5.65. The van der Waals surface area contributed by atoms with Crippen LogP contribution in [0.15, 0.2) is 12.7 Å². The highest BCUT2D eigenvalue weighted by molar-refractivity contribution is 4.95. The molecular formula is C12H23NO. The largest absolute Gasteiger partial charge is 0.378 e. The fraction of sp³-hybridized carbons (Fsp3) is 0.833. The van der Waals surface area contributed by atoms with Gasteiger partial charge in [0.25, 0.3) is 0 Å². The molecule has 0 spiro atoms. The van der Waals surface area contributed by atoms with Crippen molar-refractivity contribution < 1.29 is 4.74 Å². The van der Waals surface area contributed by atoms with Crippen LogP contribution in [-0.4, -0.2) is 25.8 Å². The van der Waals surface area contributed by atoms with Gasteiger partial charge in [0.2, 0.25) is 0 Å². The minimum atomic E-state index is 0.186. The Morgan fingerprint density at radius 2 is 2.43 bits per heavy atom. The van der Waals surface area contributed by atoms with Crippen LogP contribution < -0.4 is 5.32 Å². The number of hydrogen-bond donors (Lipinski definition) is 1. The third-order valence-electron chi connectivity index (χ3n) is 2.99. The smallest absolute Gasteiger partial charge is 0.0584 e.